The van der Waals surface area contributed by atoms with Gasteiger partial charge in [0.05, 0.1) is 30.8 Å². The Morgan fingerprint density at radius 2 is 1.97 bits per heavy atom. The number of methoxy groups -OCH3 is 1. The lowest BCUT2D eigenvalue weighted by atomic mass is 9.64. The minimum atomic E-state index is -0.625. The van der Waals surface area contributed by atoms with E-state index in [1.807, 2.05) is 0 Å². The molecule has 8 nitrogen and oxygen atoms in total. The molecule has 1 spiro atoms. The fraction of sp³-hybridized carbons (Fsp3) is 0.500. The molecule has 3 heterocycles. The van der Waals surface area contributed by atoms with Crippen molar-refractivity contribution in [1.29, 1.82) is 0 Å². The molecule has 0 amide bonds. The number of carbonyl (C=O) groups excluding carboxylic acids is 1. The van der Waals surface area contributed by atoms with Crippen LogP contribution in [0, 0.1) is 23.0 Å². The summed E-state index contributed by atoms with van der Waals surface area (Å²) in [7, 11) is 1.38. The Kier molecular flexibility index (Phi) is 5.22. The summed E-state index contributed by atoms with van der Waals surface area (Å²) in [4.78, 5) is 25.0. The van der Waals surface area contributed by atoms with Crippen LogP contribution in [0.5, 0.6) is 0 Å². The van der Waals surface area contributed by atoms with E-state index >= 15 is 0 Å². The molecule has 32 heavy (non-hydrogen) atoms. The van der Waals surface area contributed by atoms with Crippen LogP contribution < -0.4 is 5.32 Å². The van der Waals surface area contributed by atoms with E-state index in [2.05, 4.69) is 30.5 Å². The van der Waals surface area contributed by atoms with Gasteiger partial charge in [-0.2, -0.15) is 5.10 Å². The molecule has 0 aromatic carbocycles. The molecule has 2 saturated carbocycles. The van der Waals surface area contributed by atoms with Gasteiger partial charge in [0.25, 0.3) is 0 Å². The van der Waals surface area contributed by atoms with Crippen molar-refractivity contribution in [3.05, 3.63) is 30.1 Å². The molecule has 5 rings (SSSR count). The summed E-state index contributed by atoms with van der Waals surface area (Å²) in [5.41, 5.74) is 0.561. The molecule has 2 aliphatic carbocycles. The third-order valence-electron chi connectivity index (χ3n) is 6.99. The second kappa shape index (κ2) is 8.07. The highest BCUT2D eigenvalue weighted by Gasteiger charge is 2.50. The quantitative estimate of drug-likeness (QED) is 0.588. The maximum absolute atomic E-state index is 14.8. The third-order valence-corrected chi connectivity index (χ3v) is 6.99. The third kappa shape index (κ3) is 3.47. The Morgan fingerprint density at radius 3 is 2.75 bits per heavy atom. The first-order valence-electron chi connectivity index (χ1n) is 10.9. The summed E-state index contributed by atoms with van der Waals surface area (Å²) in [6.07, 6.45) is 8.87. The lowest BCUT2D eigenvalue weighted by Crippen LogP contribution is -2.50. The first-order chi connectivity index (χ1) is 15.5. The normalized spacial score (nSPS) is 22.3. The van der Waals surface area contributed by atoms with Crippen molar-refractivity contribution in [2.45, 2.75) is 51.0 Å². The Balaban J connectivity index is 1.53. The van der Waals surface area contributed by atoms with E-state index < -0.39 is 11.6 Å². The molecule has 0 aliphatic heterocycles. The average Bonchev–Trinajstić information content (AvgIpc) is 3.43. The zero-order chi connectivity index (χ0) is 22.3. The van der Waals surface area contributed by atoms with Gasteiger partial charge < -0.3 is 10.1 Å². The molecular formula is C22H24F2N6O2. The van der Waals surface area contributed by atoms with E-state index in [0.29, 0.717) is 17.5 Å². The second-order valence-corrected chi connectivity index (χ2v) is 8.73. The smallest absolute Gasteiger partial charge is 0.310 e. The van der Waals surface area contributed by atoms with Crippen molar-refractivity contribution in [2.75, 3.05) is 12.4 Å². The topological polar surface area (TPSA) is 106 Å². The Bertz CT molecular complexity index is 1160. The molecule has 2 aliphatic rings. The van der Waals surface area contributed by atoms with Crippen molar-refractivity contribution >= 4 is 22.8 Å². The minimum absolute atomic E-state index is 0.00240. The van der Waals surface area contributed by atoms with E-state index in [1.165, 1.54) is 13.2 Å². The lowest BCUT2D eigenvalue weighted by Gasteiger charge is -2.45. The number of pyridine rings is 1. The van der Waals surface area contributed by atoms with Crippen LogP contribution >= 0.6 is 0 Å². The SMILES string of the molecule is COC(=O)C1CCCC2(CCCC2)C1Nc1nc(-c2n[nH]c3ncc(F)cc23)ncc1F. The van der Waals surface area contributed by atoms with Crippen molar-refractivity contribution in [3.8, 4) is 11.5 Å². The maximum atomic E-state index is 14.8. The number of H-pyrrole nitrogens is 1. The maximum Gasteiger partial charge on any atom is 0.310 e. The number of carbonyl (C=O) groups is 1. The lowest BCUT2D eigenvalue weighted by molar-refractivity contribution is -0.148. The molecule has 2 unspecified atom stereocenters. The second-order valence-electron chi connectivity index (χ2n) is 8.73. The number of ether oxygens (including phenoxy) is 1. The standard InChI is InChI=1S/C22H24F2N6O2/c1-32-21(31)13-5-4-8-22(6-2-3-7-22)17(13)27-19-15(24)11-26-20(28-19)16-14-9-12(23)10-25-18(14)30-29-16/h9-11,13,17H,2-8H2,1H3,(H,25,29,30)(H,26,27,28). The van der Waals surface area contributed by atoms with Gasteiger partial charge in [-0.25, -0.2) is 23.7 Å². The van der Waals surface area contributed by atoms with E-state index in [0.717, 1.165) is 50.9 Å². The van der Waals surface area contributed by atoms with Crippen LogP contribution in [0.3, 0.4) is 0 Å². The highest BCUT2D eigenvalue weighted by Crippen LogP contribution is 2.52. The van der Waals surface area contributed by atoms with E-state index in [-0.39, 0.29) is 40.7 Å². The zero-order valence-corrected chi connectivity index (χ0v) is 17.7. The highest BCUT2D eigenvalue weighted by atomic mass is 19.1. The first-order valence-corrected chi connectivity index (χ1v) is 10.9. The number of aromatic amines is 1. The van der Waals surface area contributed by atoms with Crippen LogP contribution in [0.15, 0.2) is 18.5 Å². The molecule has 168 valence electrons. The van der Waals surface area contributed by atoms with Crippen molar-refractivity contribution in [3.63, 3.8) is 0 Å². The largest absolute Gasteiger partial charge is 0.469 e. The van der Waals surface area contributed by atoms with E-state index in [1.54, 1.807) is 0 Å². The summed E-state index contributed by atoms with van der Waals surface area (Å²) in [6, 6.07) is 0.988. The average molecular weight is 442 g/mol. The summed E-state index contributed by atoms with van der Waals surface area (Å²) in [5.74, 6) is -1.68. The number of hydrogen-bond acceptors (Lipinski definition) is 7. The number of nitrogens with zero attached hydrogens (tertiary/aromatic N) is 4. The van der Waals surface area contributed by atoms with Crippen LogP contribution in [0.1, 0.15) is 44.9 Å². The number of halogens is 2. The molecule has 2 fully saturated rings. The van der Waals surface area contributed by atoms with Gasteiger partial charge in [-0.05, 0) is 37.2 Å². The number of nitrogens with one attached hydrogen (secondary N) is 2. The molecule has 0 saturated heterocycles. The number of hydrogen-bond donors (Lipinski definition) is 2. The summed E-state index contributed by atoms with van der Waals surface area (Å²) in [6.45, 7) is 0. The Labute approximate surface area is 183 Å². The zero-order valence-electron chi connectivity index (χ0n) is 17.7. The van der Waals surface area contributed by atoms with Gasteiger partial charge in [-0.3, -0.25) is 9.89 Å². The molecular weight excluding hydrogens is 418 g/mol. The first kappa shape index (κ1) is 20.7. The van der Waals surface area contributed by atoms with Gasteiger partial charge in [-0.15, -0.1) is 0 Å². The van der Waals surface area contributed by atoms with Gasteiger partial charge in [0, 0.05) is 6.04 Å². The van der Waals surface area contributed by atoms with Gasteiger partial charge in [-0.1, -0.05) is 19.3 Å². The van der Waals surface area contributed by atoms with E-state index in [9.17, 15) is 13.6 Å². The number of fused-ring (bicyclic) bond motifs is 1. The Morgan fingerprint density at radius 1 is 1.19 bits per heavy atom. The van der Waals surface area contributed by atoms with Crippen molar-refractivity contribution in [2.24, 2.45) is 11.3 Å². The summed E-state index contributed by atoms with van der Waals surface area (Å²) >= 11 is 0. The number of esters is 1. The number of aromatic nitrogens is 5. The fourth-order valence-corrected chi connectivity index (χ4v) is 5.50. The minimum Gasteiger partial charge on any atom is -0.469 e. The Hall–Kier alpha value is -3.17. The van der Waals surface area contributed by atoms with Gasteiger partial charge >= 0.3 is 5.97 Å². The highest BCUT2D eigenvalue weighted by molar-refractivity contribution is 5.88. The van der Waals surface area contributed by atoms with Gasteiger partial charge in [0.2, 0.25) is 0 Å². The van der Waals surface area contributed by atoms with Gasteiger partial charge in [0.1, 0.15) is 11.5 Å². The van der Waals surface area contributed by atoms with Crippen molar-refractivity contribution in [1.82, 2.24) is 25.1 Å². The molecule has 10 heteroatoms. The van der Waals surface area contributed by atoms with Crippen LogP contribution in [0.25, 0.3) is 22.6 Å². The fourth-order valence-electron chi connectivity index (χ4n) is 5.50. The number of anilines is 1. The van der Waals surface area contributed by atoms with Crippen LogP contribution in [0.4, 0.5) is 14.6 Å². The van der Waals surface area contributed by atoms with Crippen LogP contribution in [-0.4, -0.2) is 44.3 Å². The molecule has 2 atom stereocenters. The van der Waals surface area contributed by atoms with Crippen LogP contribution in [0.2, 0.25) is 0 Å². The number of rotatable bonds is 4. The van der Waals surface area contributed by atoms with Gasteiger partial charge in [0.15, 0.2) is 23.1 Å². The molecule has 0 radical (unpaired) electrons. The predicted molar refractivity (Wildman–Crippen MR) is 112 cm³/mol. The molecule has 0 bridgehead atoms. The summed E-state index contributed by atoms with van der Waals surface area (Å²) in [5, 5.41) is 10.5. The summed E-state index contributed by atoms with van der Waals surface area (Å²) < 4.78 is 33.6. The van der Waals surface area contributed by atoms with E-state index in [4.69, 9.17) is 4.74 Å². The molecule has 3 aromatic rings. The molecule has 3 aromatic heterocycles. The van der Waals surface area contributed by atoms with Crippen molar-refractivity contribution < 1.29 is 18.3 Å². The van der Waals surface area contributed by atoms with Crippen LogP contribution in [-0.2, 0) is 9.53 Å². The monoisotopic (exact) mass is 442 g/mol. The molecule has 2 N–H and O–H groups in total. The predicted octanol–water partition coefficient (Wildman–Crippen LogP) is 4.01.